The van der Waals surface area contributed by atoms with Gasteiger partial charge in [0.2, 0.25) is 5.91 Å². The summed E-state index contributed by atoms with van der Waals surface area (Å²) in [5, 5.41) is 42.2. The van der Waals surface area contributed by atoms with Crippen LogP contribution in [0.1, 0.15) is 46.0 Å². The predicted molar refractivity (Wildman–Crippen MR) is 96.2 cm³/mol. The van der Waals surface area contributed by atoms with Crippen LogP contribution in [0.5, 0.6) is 0 Å². The van der Waals surface area contributed by atoms with Crippen molar-refractivity contribution in [1.82, 2.24) is 10.6 Å². The standard InChI is InChI=1S/C18H32N2O6/c1-17(2)9-13(17)15(24)20-14(16(25)26)7-5-3-4-6-8-19-18(10-21,11-22)12-23/h7,13,19,21-23H,3-6,8-12H2,1-2H3,(H,20,24)(H,25,26). The Labute approximate surface area is 154 Å². The smallest absolute Gasteiger partial charge is 0.352 e. The summed E-state index contributed by atoms with van der Waals surface area (Å²) in [6.07, 6.45) is 5.13. The number of aliphatic hydroxyl groups excluding tert-OH is 3. The second kappa shape index (κ2) is 10.0. The van der Waals surface area contributed by atoms with Crippen molar-refractivity contribution >= 4 is 11.9 Å². The van der Waals surface area contributed by atoms with E-state index in [0.29, 0.717) is 13.0 Å². The molecule has 0 heterocycles. The van der Waals surface area contributed by atoms with E-state index < -0.39 is 11.5 Å². The molecule has 8 nitrogen and oxygen atoms in total. The van der Waals surface area contributed by atoms with E-state index in [9.17, 15) is 30.0 Å². The molecular weight excluding hydrogens is 340 g/mol. The van der Waals surface area contributed by atoms with E-state index in [0.717, 1.165) is 25.7 Å². The zero-order valence-corrected chi connectivity index (χ0v) is 15.6. The van der Waals surface area contributed by atoms with Gasteiger partial charge in [-0.25, -0.2) is 4.79 Å². The lowest BCUT2D eigenvalue weighted by Crippen LogP contribution is -2.55. The van der Waals surface area contributed by atoms with Crippen LogP contribution in [-0.2, 0) is 9.59 Å². The second-order valence-electron chi connectivity index (χ2n) is 7.69. The van der Waals surface area contributed by atoms with Crippen molar-refractivity contribution in [3.63, 3.8) is 0 Å². The van der Waals surface area contributed by atoms with E-state index in [1.807, 2.05) is 13.8 Å². The van der Waals surface area contributed by atoms with Gasteiger partial charge < -0.3 is 31.1 Å². The number of allylic oxidation sites excluding steroid dienone is 1. The van der Waals surface area contributed by atoms with E-state index in [1.54, 1.807) is 0 Å². The molecule has 0 saturated heterocycles. The van der Waals surface area contributed by atoms with E-state index >= 15 is 0 Å². The number of aliphatic hydroxyl groups is 3. The minimum Gasteiger partial charge on any atom is -0.477 e. The Morgan fingerprint density at radius 1 is 1.12 bits per heavy atom. The minimum absolute atomic E-state index is 0.0480. The number of hydrogen-bond acceptors (Lipinski definition) is 6. The summed E-state index contributed by atoms with van der Waals surface area (Å²) in [6.45, 7) is 3.40. The maximum absolute atomic E-state index is 12.0. The van der Waals surface area contributed by atoms with Crippen molar-refractivity contribution in [1.29, 1.82) is 0 Å². The third-order valence-electron chi connectivity index (χ3n) is 4.96. The van der Waals surface area contributed by atoms with Gasteiger partial charge in [-0.2, -0.15) is 0 Å². The highest BCUT2D eigenvalue weighted by Gasteiger charge is 2.50. The number of hydrogen-bond donors (Lipinski definition) is 6. The van der Waals surface area contributed by atoms with E-state index in [2.05, 4.69) is 10.6 Å². The molecule has 6 N–H and O–H groups in total. The predicted octanol–water partition coefficient (Wildman–Crippen LogP) is -0.0171. The summed E-state index contributed by atoms with van der Waals surface area (Å²) in [5.74, 6) is -1.50. The summed E-state index contributed by atoms with van der Waals surface area (Å²) in [4.78, 5) is 23.3. The Kier molecular flexibility index (Phi) is 8.69. The highest BCUT2D eigenvalue weighted by molar-refractivity contribution is 5.94. The van der Waals surface area contributed by atoms with E-state index in [-0.39, 0.29) is 42.8 Å². The summed E-state index contributed by atoms with van der Waals surface area (Å²) in [5.41, 5.74) is -1.19. The Balaban J connectivity index is 2.29. The SMILES string of the molecule is CC1(C)CC1C(=O)NC(=CCCCCCNC(CO)(CO)CO)C(=O)O. The van der Waals surface area contributed by atoms with Crippen LogP contribution in [0.3, 0.4) is 0 Å². The van der Waals surface area contributed by atoms with Gasteiger partial charge >= 0.3 is 5.97 Å². The quantitative estimate of drug-likeness (QED) is 0.197. The van der Waals surface area contributed by atoms with Crippen molar-refractivity contribution in [2.45, 2.75) is 51.5 Å². The van der Waals surface area contributed by atoms with Crippen LogP contribution < -0.4 is 10.6 Å². The van der Waals surface area contributed by atoms with E-state index in [1.165, 1.54) is 6.08 Å². The van der Waals surface area contributed by atoms with Crippen LogP contribution in [0.15, 0.2) is 11.8 Å². The average Bonchev–Trinajstić information content (AvgIpc) is 3.25. The molecule has 1 unspecified atom stereocenters. The molecule has 0 aromatic carbocycles. The summed E-state index contributed by atoms with van der Waals surface area (Å²) in [6, 6.07) is 0. The lowest BCUT2D eigenvalue weighted by Gasteiger charge is -2.28. The van der Waals surface area contributed by atoms with Crippen molar-refractivity contribution in [3.8, 4) is 0 Å². The number of aliphatic carboxylic acids is 1. The number of nitrogens with one attached hydrogen (secondary N) is 2. The number of carbonyl (C=O) groups excluding carboxylic acids is 1. The Bertz CT molecular complexity index is 506. The van der Waals surface area contributed by atoms with Crippen molar-refractivity contribution in [2.75, 3.05) is 26.4 Å². The zero-order chi connectivity index (χ0) is 19.8. The molecule has 1 fully saturated rings. The molecule has 1 rings (SSSR count). The molecule has 0 aromatic rings. The third kappa shape index (κ3) is 6.68. The number of carboxylic acid groups (broad SMARTS) is 1. The number of unbranched alkanes of at least 4 members (excludes halogenated alkanes) is 3. The molecule has 1 atom stereocenters. The normalized spacial score (nSPS) is 19.3. The van der Waals surface area contributed by atoms with Crippen LogP contribution in [0.2, 0.25) is 0 Å². The lowest BCUT2D eigenvalue weighted by atomic mass is 10.0. The zero-order valence-electron chi connectivity index (χ0n) is 15.6. The lowest BCUT2D eigenvalue weighted by molar-refractivity contribution is -0.135. The summed E-state index contributed by atoms with van der Waals surface area (Å²) < 4.78 is 0. The summed E-state index contributed by atoms with van der Waals surface area (Å²) >= 11 is 0. The van der Waals surface area contributed by atoms with Crippen LogP contribution in [0.25, 0.3) is 0 Å². The Hall–Kier alpha value is -1.48. The van der Waals surface area contributed by atoms with Gasteiger partial charge in [0, 0.05) is 5.92 Å². The van der Waals surface area contributed by atoms with Gasteiger partial charge in [-0.15, -0.1) is 0 Å². The molecule has 0 spiro atoms. The van der Waals surface area contributed by atoms with Gasteiger partial charge in [-0.3, -0.25) is 4.79 Å². The largest absolute Gasteiger partial charge is 0.477 e. The Morgan fingerprint density at radius 2 is 1.69 bits per heavy atom. The van der Waals surface area contributed by atoms with Crippen LogP contribution in [0, 0.1) is 11.3 Å². The molecule has 0 bridgehead atoms. The first-order chi connectivity index (χ1) is 12.2. The fraction of sp³-hybridized carbons (Fsp3) is 0.778. The molecule has 1 saturated carbocycles. The highest BCUT2D eigenvalue weighted by Crippen LogP contribution is 2.51. The van der Waals surface area contributed by atoms with Crippen LogP contribution in [-0.4, -0.2) is 64.2 Å². The topological polar surface area (TPSA) is 139 Å². The van der Waals surface area contributed by atoms with Gasteiger partial charge in [-0.1, -0.05) is 26.3 Å². The molecule has 0 aromatic heterocycles. The maximum atomic E-state index is 12.0. The van der Waals surface area contributed by atoms with Crippen LogP contribution in [0.4, 0.5) is 0 Å². The fourth-order valence-electron chi connectivity index (χ4n) is 2.69. The summed E-state index contributed by atoms with van der Waals surface area (Å²) in [7, 11) is 0. The second-order valence-corrected chi connectivity index (χ2v) is 7.69. The molecule has 1 aliphatic carbocycles. The number of carbonyl (C=O) groups is 2. The highest BCUT2D eigenvalue weighted by atomic mass is 16.4. The number of carboxylic acids is 1. The van der Waals surface area contributed by atoms with Gasteiger partial charge in [0.25, 0.3) is 0 Å². The van der Waals surface area contributed by atoms with E-state index in [4.69, 9.17) is 0 Å². The van der Waals surface area contributed by atoms with Crippen molar-refractivity contribution < 1.29 is 30.0 Å². The first-order valence-corrected chi connectivity index (χ1v) is 9.03. The molecule has 1 aliphatic rings. The minimum atomic E-state index is -1.14. The monoisotopic (exact) mass is 372 g/mol. The molecule has 0 aliphatic heterocycles. The average molecular weight is 372 g/mol. The van der Waals surface area contributed by atoms with Gasteiger partial charge in [0.15, 0.2) is 0 Å². The fourth-order valence-corrected chi connectivity index (χ4v) is 2.69. The third-order valence-corrected chi connectivity index (χ3v) is 4.96. The molecule has 26 heavy (non-hydrogen) atoms. The van der Waals surface area contributed by atoms with Crippen molar-refractivity contribution in [2.24, 2.45) is 11.3 Å². The first-order valence-electron chi connectivity index (χ1n) is 9.03. The molecule has 0 radical (unpaired) electrons. The van der Waals surface area contributed by atoms with Gasteiger partial charge in [-0.05, 0) is 37.6 Å². The maximum Gasteiger partial charge on any atom is 0.352 e. The molecule has 1 amide bonds. The van der Waals surface area contributed by atoms with Gasteiger partial charge in [0.1, 0.15) is 5.70 Å². The number of rotatable bonds is 13. The van der Waals surface area contributed by atoms with Gasteiger partial charge in [0.05, 0.1) is 25.4 Å². The Morgan fingerprint density at radius 3 is 2.15 bits per heavy atom. The molecular formula is C18H32N2O6. The first kappa shape index (κ1) is 22.6. The molecule has 150 valence electrons. The number of amides is 1. The molecule has 8 heteroatoms. The van der Waals surface area contributed by atoms with Crippen molar-refractivity contribution in [3.05, 3.63) is 11.8 Å². The van der Waals surface area contributed by atoms with Crippen LogP contribution >= 0.6 is 0 Å².